The van der Waals surface area contributed by atoms with Crippen molar-refractivity contribution < 1.29 is 19.4 Å². The fraction of sp³-hybridized carbons (Fsp3) is 0.429. The zero-order chi connectivity index (χ0) is 15.6. The smallest absolute Gasteiger partial charge is 0.329 e. The van der Waals surface area contributed by atoms with Gasteiger partial charge in [-0.05, 0) is 17.7 Å². The van der Waals surface area contributed by atoms with Gasteiger partial charge in [0.1, 0.15) is 5.54 Å². The van der Waals surface area contributed by atoms with Crippen molar-refractivity contribution in [2.45, 2.75) is 30.9 Å². The van der Waals surface area contributed by atoms with E-state index in [1.165, 1.54) is 7.11 Å². The van der Waals surface area contributed by atoms with Crippen LogP contribution in [0.15, 0.2) is 18.2 Å². The summed E-state index contributed by atoms with van der Waals surface area (Å²) in [7, 11) is 1.52. The second-order valence-corrected chi connectivity index (χ2v) is 5.89. The molecule has 1 aliphatic carbocycles. The third kappa shape index (κ3) is 3.31. The van der Waals surface area contributed by atoms with Crippen molar-refractivity contribution in [3.8, 4) is 0 Å². The molecule has 1 aromatic rings. The minimum absolute atomic E-state index is 0.0643. The van der Waals surface area contributed by atoms with Crippen LogP contribution in [0.3, 0.4) is 0 Å². The van der Waals surface area contributed by atoms with Gasteiger partial charge in [0, 0.05) is 30.0 Å². The van der Waals surface area contributed by atoms with E-state index in [1.54, 1.807) is 18.2 Å². The Labute approximate surface area is 132 Å². The lowest BCUT2D eigenvalue weighted by Crippen LogP contribution is -2.64. The third-order valence-electron chi connectivity index (χ3n) is 3.67. The molecule has 0 spiro atoms. The molecule has 0 unspecified atom stereocenters. The van der Waals surface area contributed by atoms with Crippen LogP contribution < -0.4 is 5.32 Å². The Kier molecular flexibility index (Phi) is 4.76. The Balaban J connectivity index is 2.06. The molecule has 0 atom stereocenters. The number of carbonyl (C=O) groups is 2. The molecule has 1 aliphatic rings. The molecule has 2 rings (SSSR count). The summed E-state index contributed by atoms with van der Waals surface area (Å²) < 4.78 is 5.07. The van der Waals surface area contributed by atoms with Crippen LogP contribution in [0, 0.1) is 0 Å². The monoisotopic (exact) mass is 331 g/mol. The maximum atomic E-state index is 12.1. The summed E-state index contributed by atoms with van der Waals surface area (Å²) >= 11 is 12.0. The molecule has 0 heterocycles. The zero-order valence-electron chi connectivity index (χ0n) is 11.4. The Hall–Kier alpha value is -1.30. The molecule has 0 aromatic heterocycles. The van der Waals surface area contributed by atoms with Crippen molar-refractivity contribution in [3.63, 3.8) is 0 Å². The first-order valence-electron chi connectivity index (χ1n) is 6.38. The highest BCUT2D eigenvalue weighted by molar-refractivity contribution is 6.36. The summed E-state index contributed by atoms with van der Waals surface area (Å²) in [4.78, 5) is 23.5. The number of ether oxygens (including phenoxy) is 1. The topological polar surface area (TPSA) is 75.6 Å². The van der Waals surface area contributed by atoms with E-state index in [9.17, 15) is 14.7 Å². The van der Waals surface area contributed by atoms with E-state index in [1.807, 2.05) is 0 Å². The first-order valence-corrected chi connectivity index (χ1v) is 7.13. The molecule has 1 amide bonds. The lowest BCUT2D eigenvalue weighted by molar-refractivity contribution is -0.159. The number of carbonyl (C=O) groups excluding carboxylic acids is 1. The number of benzene rings is 1. The fourth-order valence-corrected chi connectivity index (χ4v) is 2.92. The van der Waals surface area contributed by atoms with E-state index in [0.717, 1.165) is 0 Å². The van der Waals surface area contributed by atoms with Crippen LogP contribution in [-0.4, -0.2) is 35.7 Å². The molecule has 0 radical (unpaired) electrons. The molecule has 0 aliphatic heterocycles. The molecule has 2 N–H and O–H groups in total. The Bertz CT molecular complexity index is 550. The van der Waals surface area contributed by atoms with Gasteiger partial charge < -0.3 is 15.2 Å². The molecule has 1 aromatic carbocycles. The van der Waals surface area contributed by atoms with E-state index in [-0.39, 0.29) is 25.4 Å². The summed E-state index contributed by atoms with van der Waals surface area (Å²) in [5.41, 5.74) is -0.771. The average Bonchev–Trinajstić information content (AvgIpc) is 2.37. The number of aliphatic carboxylic acids is 1. The van der Waals surface area contributed by atoms with E-state index < -0.39 is 17.4 Å². The number of carboxylic acids is 1. The van der Waals surface area contributed by atoms with Crippen LogP contribution in [0.4, 0.5) is 0 Å². The van der Waals surface area contributed by atoms with E-state index in [4.69, 9.17) is 27.9 Å². The Morgan fingerprint density at radius 2 is 1.95 bits per heavy atom. The van der Waals surface area contributed by atoms with Crippen LogP contribution in [0.5, 0.6) is 0 Å². The largest absolute Gasteiger partial charge is 0.480 e. The van der Waals surface area contributed by atoms with Gasteiger partial charge in [-0.15, -0.1) is 0 Å². The second kappa shape index (κ2) is 6.22. The first-order chi connectivity index (χ1) is 9.88. The van der Waals surface area contributed by atoms with Crippen molar-refractivity contribution in [3.05, 3.63) is 33.8 Å². The van der Waals surface area contributed by atoms with Crippen LogP contribution in [-0.2, 0) is 20.7 Å². The van der Waals surface area contributed by atoms with E-state index in [0.29, 0.717) is 15.6 Å². The van der Waals surface area contributed by atoms with Gasteiger partial charge >= 0.3 is 5.97 Å². The van der Waals surface area contributed by atoms with Crippen LogP contribution in [0.2, 0.25) is 10.0 Å². The molecule has 7 heteroatoms. The number of hydrogen-bond acceptors (Lipinski definition) is 3. The van der Waals surface area contributed by atoms with Gasteiger partial charge in [-0.25, -0.2) is 4.79 Å². The standard InChI is InChI=1S/C14H15Cl2NO4/c1-21-8-6-14(7-8,13(19)20)17-12(18)5-9-10(15)3-2-4-11(9)16/h2-4,8H,5-7H2,1H3,(H,17,18)(H,19,20). The van der Waals surface area contributed by atoms with Gasteiger partial charge in [-0.1, -0.05) is 29.3 Å². The molecule has 0 bridgehead atoms. The number of amides is 1. The molecule has 114 valence electrons. The number of rotatable bonds is 5. The van der Waals surface area contributed by atoms with E-state index in [2.05, 4.69) is 5.32 Å². The van der Waals surface area contributed by atoms with Crippen molar-refractivity contribution in [2.75, 3.05) is 7.11 Å². The number of halogens is 2. The summed E-state index contributed by atoms with van der Waals surface area (Å²) in [5, 5.41) is 12.6. The highest BCUT2D eigenvalue weighted by Crippen LogP contribution is 2.35. The Morgan fingerprint density at radius 3 is 2.43 bits per heavy atom. The first kappa shape index (κ1) is 16.1. The lowest BCUT2D eigenvalue weighted by atomic mass is 9.74. The zero-order valence-corrected chi connectivity index (χ0v) is 12.9. The van der Waals surface area contributed by atoms with Crippen LogP contribution >= 0.6 is 23.2 Å². The number of carboxylic acid groups (broad SMARTS) is 1. The van der Waals surface area contributed by atoms with Crippen molar-refractivity contribution >= 4 is 35.1 Å². The highest BCUT2D eigenvalue weighted by atomic mass is 35.5. The van der Waals surface area contributed by atoms with Gasteiger partial charge in [0.15, 0.2) is 0 Å². The fourth-order valence-electron chi connectivity index (χ4n) is 2.39. The second-order valence-electron chi connectivity index (χ2n) is 5.08. The summed E-state index contributed by atoms with van der Waals surface area (Å²) in [6.45, 7) is 0. The van der Waals surface area contributed by atoms with Gasteiger partial charge in [0.25, 0.3) is 0 Å². The number of nitrogens with one attached hydrogen (secondary N) is 1. The predicted molar refractivity (Wildman–Crippen MR) is 78.7 cm³/mol. The van der Waals surface area contributed by atoms with Crippen LogP contribution in [0.1, 0.15) is 18.4 Å². The van der Waals surface area contributed by atoms with Gasteiger partial charge in [-0.2, -0.15) is 0 Å². The molecular weight excluding hydrogens is 317 g/mol. The van der Waals surface area contributed by atoms with Gasteiger partial charge in [0.2, 0.25) is 5.91 Å². The SMILES string of the molecule is COC1CC(NC(=O)Cc2c(Cl)cccc2Cl)(C(=O)O)C1. The van der Waals surface area contributed by atoms with E-state index >= 15 is 0 Å². The molecular formula is C14H15Cl2NO4. The maximum Gasteiger partial charge on any atom is 0.329 e. The maximum absolute atomic E-state index is 12.1. The normalized spacial score (nSPS) is 24.2. The quantitative estimate of drug-likeness (QED) is 0.867. The highest BCUT2D eigenvalue weighted by Gasteiger charge is 2.52. The Morgan fingerprint density at radius 1 is 1.38 bits per heavy atom. The molecule has 0 saturated heterocycles. The molecule has 1 saturated carbocycles. The number of methoxy groups -OCH3 is 1. The summed E-state index contributed by atoms with van der Waals surface area (Å²) in [6.07, 6.45) is 0.289. The minimum Gasteiger partial charge on any atom is -0.480 e. The van der Waals surface area contributed by atoms with Crippen LogP contribution in [0.25, 0.3) is 0 Å². The predicted octanol–water partition coefficient (Wildman–Crippen LogP) is 2.28. The molecule has 21 heavy (non-hydrogen) atoms. The van der Waals surface area contributed by atoms with Crippen molar-refractivity contribution in [1.29, 1.82) is 0 Å². The lowest BCUT2D eigenvalue weighted by Gasteiger charge is -2.43. The summed E-state index contributed by atoms with van der Waals surface area (Å²) in [6, 6.07) is 4.94. The number of hydrogen-bond donors (Lipinski definition) is 2. The minimum atomic E-state index is -1.26. The summed E-state index contributed by atoms with van der Waals surface area (Å²) in [5.74, 6) is -1.49. The van der Waals surface area contributed by atoms with Crippen molar-refractivity contribution in [2.24, 2.45) is 0 Å². The van der Waals surface area contributed by atoms with Gasteiger partial charge in [-0.3, -0.25) is 4.79 Å². The third-order valence-corrected chi connectivity index (χ3v) is 4.38. The average molecular weight is 332 g/mol. The molecule has 5 nitrogen and oxygen atoms in total. The van der Waals surface area contributed by atoms with Crippen molar-refractivity contribution in [1.82, 2.24) is 5.32 Å². The molecule has 1 fully saturated rings. The van der Waals surface area contributed by atoms with Gasteiger partial charge in [0.05, 0.1) is 12.5 Å².